The van der Waals surface area contributed by atoms with Crippen LogP contribution in [0.2, 0.25) is 0 Å². The fourth-order valence-corrected chi connectivity index (χ4v) is 3.91. The van der Waals surface area contributed by atoms with Crippen molar-refractivity contribution in [2.24, 2.45) is 5.92 Å². The van der Waals surface area contributed by atoms with Crippen LogP contribution in [-0.2, 0) is 25.5 Å². The van der Waals surface area contributed by atoms with E-state index in [4.69, 9.17) is 4.74 Å². The monoisotopic (exact) mass is 372 g/mol. The Morgan fingerprint density at radius 2 is 1.85 bits per heavy atom. The number of carbonyl (C=O) groups excluding carboxylic acids is 3. The highest BCUT2D eigenvalue weighted by atomic mass is 16.5. The van der Waals surface area contributed by atoms with Gasteiger partial charge in [-0.05, 0) is 37.0 Å². The first kappa shape index (κ1) is 19.4. The maximum Gasteiger partial charge on any atom is 0.311 e. The number of amides is 2. The molecule has 0 spiro atoms. The Balaban J connectivity index is 1.44. The van der Waals surface area contributed by atoms with Gasteiger partial charge >= 0.3 is 5.97 Å². The fraction of sp³-hybridized carbons (Fsp3) is 0.571. The van der Waals surface area contributed by atoms with Crippen molar-refractivity contribution in [2.45, 2.75) is 57.9 Å². The van der Waals surface area contributed by atoms with Crippen LogP contribution in [0.15, 0.2) is 24.3 Å². The molecule has 2 amide bonds. The van der Waals surface area contributed by atoms with Gasteiger partial charge in [0.15, 0.2) is 6.61 Å². The van der Waals surface area contributed by atoms with Crippen LogP contribution in [0.1, 0.15) is 51.0 Å². The van der Waals surface area contributed by atoms with Gasteiger partial charge in [0.25, 0.3) is 5.91 Å². The van der Waals surface area contributed by atoms with Crippen LogP contribution in [0.4, 0.5) is 5.69 Å². The van der Waals surface area contributed by atoms with Gasteiger partial charge in [-0.25, -0.2) is 0 Å². The smallest absolute Gasteiger partial charge is 0.311 e. The Morgan fingerprint density at radius 1 is 1.15 bits per heavy atom. The molecule has 0 bridgehead atoms. The molecular weight excluding hydrogens is 344 g/mol. The molecule has 0 unspecified atom stereocenters. The van der Waals surface area contributed by atoms with Gasteiger partial charge in [-0.2, -0.15) is 0 Å². The van der Waals surface area contributed by atoms with E-state index in [-0.39, 0.29) is 30.9 Å². The van der Waals surface area contributed by atoms with Crippen molar-refractivity contribution in [3.8, 4) is 0 Å². The molecule has 6 nitrogen and oxygen atoms in total. The lowest BCUT2D eigenvalue weighted by molar-refractivity contribution is -0.151. The Labute approximate surface area is 160 Å². The quantitative estimate of drug-likeness (QED) is 0.779. The second-order valence-electron chi connectivity index (χ2n) is 7.45. The van der Waals surface area contributed by atoms with Crippen molar-refractivity contribution in [3.63, 3.8) is 0 Å². The van der Waals surface area contributed by atoms with Gasteiger partial charge in [0, 0.05) is 24.7 Å². The Hall–Kier alpha value is -2.37. The third-order valence-electron chi connectivity index (χ3n) is 5.50. The molecule has 146 valence electrons. The molecule has 1 aromatic rings. The number of aryl methyl sites for hydroxylation is 1. The molecule has 1 aliphatic heterocycles. The van der Waals surface area contributed by atoms with E-state index in [9.17, 15) is 14.4 Å². The molecule has 2 aliphatic rings. The average Bonchev–Trinajstić information content (AvgIpc) is 3.09. The minimum atomic E-state index is -0.462. The standard InChI is InChI=1S/C21H28N2O4/c1-2-15-8-10-17(11-9-15)22-19(24)14-27-21(26)16-12-20(25)23(13-16)18-6-4-3-5-7-18/h8-11,16,18H,2-7,12-14H2,1H3,(H,22,24)/t16-/m1/s1. The summed E-state index contributed by atoms with van der Waals surface area (Å²) in [5.41, 5.74) is 1.86. The Morgan fingerprint density at radius 3 is 2.52 bits per heavy atom. The Kier molecular flexibility index (Phi) is 6.48. The van der Waals surface area contributed by atoms with Crippen LogP contribution in [0.25, 0.3) is 0 Å². The van der Waals surface area contributed by atoms with E-state index >= 15 is 0 Å². The number of benzene rings is 1. The molecule has 2 fully saturated rings. The van der Waals surface area contributed by atoms with Crippen LogP contribution in [-0.4, -0.2) is 41.9 Å². The molecule has 6 heteroatoms. The predicted molar refractivity (Wildman–Crippen MR) is 102 cm³/mol. The number of ether oxygens (including phenoxy) is 1. The molecule has 0 radical (unpaired) electrons. The van der Waals surface area contributed by atoms with E-state index in [2.05, 4.69) is 12.2 Å². The summed E-state index contributed by atoms with van der Waals surface area (Å²) in [6.07, 6.45) is 6.67. The summed E-state index contributed by atoms with van der Waals surface area (Å²) in [7, 11) is 0. The van der Waals surface area contributed by atoms with Crippen molar-refractivity contribution < 1.29 is 19.1 Å². The number of nitrogens with zero attached hydrogens (tertiary/aromatic N) is 1. The SMILES string of the molecule is CCc1ccc(NC(=O)COC(=O)[C@@H]2CC(=O)N(C3CCCCC3)C2)cc1. The largest absolute Gasteiger partial charge is 0.455 e. The molecule has 27 heavy (non-hydrogen) atoms. The van der Waals surface area contributed by atoms with Crippen LogP contribution in [0, 0.1) is 5.92 Å². The number of carbonyl (C=O) groups is 3. The summed E-state index contributed by atoms with van der Waals surface area (Å²) < 4.78 is 5.16. The molecule has 1 saturated heterocycles. The van der Waals surface area contributed by atoms with E-state index in [1.165, 1.54) is 12.0 Å². The first-order valence-corrected chi connectivity index (χ1v) is 9.91. The number of hydrogen-bond acceptors (Lipinski definition) is 4. The summed E-state index contributed by atoms with van der Waals surface area (Å²) in [5, 5.41) is 2.71. The molecule has 1 N–H and O–H groups in total. The van der Waals surface area contributed by atoms with Gasteiger partial charge in [0.05, 0.1) is 5.92 Å². The van der Waals surface area contributed by atoms with Gasteiger partial charge in [-0.15, -0.1) is 0 Å². The second-order valence-corrected chi connectivity index (χ2v) is 7.45. The van der Waals surface area contributed by atoms with Gasteiger partial charge in [0.1, 0.15) is 0 Å². The molecule has 1 aliphatic carbocycles. The highest BCUT2D eigenvalue weighted by Crippen LogP contribution is 2.29. The zero-order valence-electron chi connectivity index (χ0n) is 15.9. The minimum absolute atomic E-state index is 0.0318. The predicted octanol–water partition coefficient (Wildman–Crippen LogP) is 2.91. The van der Waals surface area contributed by atoms with Crippen molar-refractivity contribution in [1.82, 2.24) is 4.90 Å². The summed E-state index contributed by atoms with van der Waals surface area (Å²) in [6.45, 7) is 2.15. The fourth-order valence-electron chi connectivity index (χ4n) is 3.91. The molecule has 1 atom stereocenters. The Bertz CT molecular complexity index is 680. The molecule has 1 heterocycles. The maximum absolute atomic E-state index is 12.3. The van der Waals surface area contributed by atoms with Crippen LogP contribution >= 0.6 is 0 Å². The van der Waals surface area contributed by atoms with Crippen LogP contribution in [0.3, 0.4) is 0 Å². The minimum Gasteiger partial charge on any atom is -0.455 e. The van der Waals surface area contributed by atoms with E-state index in [0.717, 1.165) is 32.1 Å². The third-order valence-corrected chi connectivity index (χ3v) is 5.50. The van der Waals surface area contributed by atoms with E-state index in [0.29, 0.717) is 12.2 Å². The molecule has 1 aromatic carbocycles. The third kappa shape index (κ3) is 5.08. The zero-order chi connectivity index (χ0) is 19.2. The first-order valence-electron chi connectivity index (χ1n) is 9.91. The number of hydrogen-bond donors (Lipinski definition) is 1. The van der Waals surface area contributed by atoms with Crippen molar-refractivity contribution in [3.05, 3.63) is 29.8 Å². The number of esters is 1. The molecule has 0 aromatic heterocycles. The number of likely N-dealkylation sites (tertiary alicyclic amines) is 1. The maximum atomic E-state index is 12.3. The highest BCUT2D eigenvalue weighted by Gasteiger charge is 2.39. The van der Waals surface area contributed by atoms with Crippen molar-refractivity contribution in [2.75, 3.05) is 18.5 Å². The van der Waals surface area contributed by atoms with Gasteiger partial charge in [-0.3, -0.25) is 14.4 Å². The van der Waals surface area contributed by atoms with E-state index in [1.54, 1.807) is 0 Å². The van der Waals surface area contributed by atoms with Crippen molar-refractivity contribution in [1.29, 1.82) is 0 Å². The van der Waals surface area contributed by atoms with Gasteiger partial charge < -0.3 is 15.0 Å². The lowest BCUT2D eigenvalue weighted by atomic mass is 9.94. The molecule has 3 rings (SSSR count). The average molecular weight is 372 g/mol. The highest BCUT2D eigenvalue weighted by molar-refractivity contribution is 5.93. The normalized spacial score (nSPS) is 20.6. The number of rotatable bonds is 6. The summed E-state index contributed by atoms with van der Waals surface area (Å²) in [6, 6.07) is 7.82. The van der Waals surface area contributed by atoms with Gasteiger partial charge in [-0.1, -0.05) is 38.3 Å². The molecule has 1 saturated carbocycles. The summed E-state index contributed by atoms with van der Waals surface area (Å²) in [4.78, 5) is 38.4. The van der Waals surface area contributed by atoms with Gasteiger partial charge in [0.2, 0.25) is 5.91 Å². The topological polar surface area (TPSA) is 75.7 Å². The van der Waals surface area contributed by atoms with E-state index in [1.807, 2.05) is 29.2 Å². The summed E-state index contributed by atoms with van der Waals surface area (Å²) >= 11 is 0. The van der Waals surface area contributed by atoms with Crippen LogP contribution < -0.4 is 5.32 Å². The summed E-state index contributed by atoms with van der Waals surface area (Å²) in [5.74, 6) is -1.26. The lowest BCUT2D eigenvalue weighted by Gasteiger charge is -2.31. The lowest BCUT2D eigenvalue weighted by Crippen LogP contribution is -2.38. The number of nitrogens with one attached hydrogen (secondary N) is 1. The second kappa shape index (κ2) is 9.02. The zero-order valence-corrected chi connectivity index (χ0v) is 15.9. The molecular formula is C21H28N2O4. The first-order chi connectivity index (χ1) is 13.1. The van der Waals surface area contributed by atoms with Crippen LogP contribution in [0.5, 0.6) is 0 Å². The number of anilines is 1. The van der Waals surface area contributed by atoms with Crippen molar-refractivity contribution >= 4 is 23.5 Å². The van der Waals surface area contributed by atoms with E-state index < -0.39 is 11.9 Å².